The van der Waals surface area contributed by atoms with Gasteiger partial charge in [-0.15, -0.1) is 0 Å². The Bertz CT molecular complexity index is 716. The van der Waals surface area contributed by atoms with Crippen LogP contribution < -0.4 is 4.74 Å². The number of hydrogen-bond donors (Lipinski definition) is 1. The summed E-state index contributed by atoms with van der Waals surface area (Å²) in [6.07, 6.45) is 1.59. The number of ether oxygens (including phenoxy) is 1. The first-order valence-corrected chi connectivity index (χ1v) is 5.53. The summed E-state index contributed by atoms with van der Waals surface area (Å²) in [5.74, 6) is -1.00. The Labute approximate surface area is 107 Å². The van der Waals surface area contributed by atoms with Crippen LogP contribution in [0, 0.1) is 11.6 Å². The van der Waals surface area contributed by atoms with Crippen molar-refractivity contribution in [1.82, 2.24) is 15.0 Å². The summed E-state index contributed by atoms with van der Waals surface area (Å²) in [4.78, 5) is 11.2. The molecular formula is C13H9F2N3O. The second-order valence-corrected chi connectivity index (χ2v) is 3.93. The number of methoxy groups -OCH3 is 1. The lowest BCUT2D eigenvalue weighted by atomic mass is 10.2. The molecule has 0 amide bonds. The average Bonchev–Trinajstić information content (AvgIpc) is 2.82. The molecule has 4 nitrogen and oxygen atoms in total. The zero-order valence-corrected chi connectivity index (χ0v) is 9.95. The zero-order valence-electron chi connectivity index (χ0n) is 9.95. The van der Waals surface area contributed by atoms with Crippen LogP contribution in [0.4, 0.5) is 8.78 Å². The van der Waals surface area contributed by atoms with Crippen molar-refractivity contribution >= 4 is 11.0 Å². The summed E-state index contributed by atoms with van der Waals surface area (Å²) in [7, 11) is 1.49. The molecule has 0 bridgehead atoms. The third-order valence-corrected chi connectivity index (χ3v) is 2.74. The molecular weight excluding hydrogens is 252 g/mol. The maximum atomic E-state index is 13.1. The minimum absolute atomic E-state index is 0.347. The Balaban J connectivity index is 2.20. The first-order valence-electron chi connectivity index (χ1n) is 5.53. The number of halogens is 2. The van der Waals surface area contributed by atoms with Gasteiger partial charge in [-0.3, -0.25) is 0 Å². The van der Waals surface area contributed by atoms with Gasteiger partial charge in [0.2, 0.25) is 5.88 Å². The Kier molecular flexibility index (Phi) is 2.63. The van der Waals surface area contributed by atoms with Gasteiger partial charge in [0.05, 0.1) is 23.7 Å². The van der Waals surface area contributed by atoms with E-state index in [1.165, 1.54) is 7.11 Å². The SMILES string of the molecule is COc1ncccc1-c1nc2cc(F)c(F)cc2[nH]1. The largest absolute Gasteiger partial charge is 0.480 e. The highest BCUT2D eigenvalue weighted by Gasteiger charge is 2.13. The summed E-state index contributed by atoms with van der Waals surface area (Å²) in [5.41, 5.74) is 1.39. The average molecular weight is 261 g/mol. The van der Waals surface area contributed by atoms with Crippen molar-refractivity contribution in [3.63, 3.8) is 0 Å². The fourth-order valence-electron chi connectivity index (χ4n) is 1.87. The molecule has 3 aromatic rings. The van der Waals surface area contributed by atoms with Gasteiger partial charge < -0.3 is 9.72 Å². The fraction of sp³-hybridized carbons (Fsp3) is 0.0769. The molecule has 0 radical (unpaired) electrons. The molecule has 0 atom stereocenters. The predicted octanol–water partition coefficient (Wildman–Crippen LogP) is 2.91. The molecule has 3 rings (SSSR count). The summed E-state index contributed by atoms with van der Waals surface area (Å²) < 4.78 is 31.4. The van der Waals surface area contributed by atoms with Gasteiger partial charge in [0.15, 0.2) is 11.6 Å². The third kappa shape index (κ3) is 1.91. The van der Waals surface area contributed by atoms with Crippen LogP contribution in [0.25, 0.3) is 22.4 Å². The Morgan fingerprint density at radius 2 is 2.00 bits per heavy atom. The maximum Gasteiger partial charge on any atom is 0.224 e. The van der Waals surface area contributed by atoms with E-state index in [0.717, 1.165) is 12.1 Å². The van der Waals surface area contributed by atoms with E-state index in [1.54, 1.807) is 18.3 Å². The van der Waals surface area contributed by atoms with Gasteiger partial charge in [0.1, 0.15) is 5.82 Å². The minimum Gasteiger partial charge on any atom is -0.480 e. The number of nitrogens with zero attached hydrogens (tertiary/aromatic N) is 2. The zero-order chi connectivity index (χ0) is 13.4. The first-order chi connectivity index (χ1) is 9.19. The Hall–Kier alpha value is -2.50. The van der Waals surface area contributed by atoms with Gasteiger partial charge in [-0.2, -0.15) is 0 Å². The van der Waals surface area contributed by atoms with Crippen LogP contribution in [0.15, 0.2) is 30.5 Å². The highest BCUT2D eigenvalue weighted by Crippen LogP contribution is 2.27. The molecule has 2 aromatic heterocycles. The molecule has 0 unspecified atom stereocenters. The molecule has 1 N–H and O–H groups in total. The van der Waals surface area contributed by atoms with Gasteiger partial charge in [-0.1, -0.05) is 0 Å². The third-order valence-electron chi connectivity index (χ3n) is 2.74. The van der Waals surface area contributed by atoms with E-state index < -0.39 is 11.6 Å². The number of aromatic nitrogens is 3. The minimum atomic E-state index is -0.927. The van der Waals surface area contributed by atoms with Gasteiger partial charge >= 0.3 is 0 Å². The van der Waals surface area contributed by atoms with Gasteiger partial charge in [-0.05, 0) is 12.1 Å². The van der Waals surface area contributed by atoms with Crippen molar-refractivity contribution < 1.29 is 13.5 Å². The lowest BCUT2D eigenvalue weighted by Crippen LogP contribution is -1.91. The van der Waals surface area contributed by atoms with E-state index in [-0.39, 0.29) is 0 Å². The van der Waals surface area contributed by atoms with Crippen molar-refractivity contribution in [1.29, 1.82) is 0 Å². The first kappa shape index (κ1) is 11.6. The van der Waals surface area contributed by atoms with Crippen molar-refractivity contribution in [3.05, 3.63) is 42.1 Å². The van der Waals surface area contributed by atoms with Gasteiger partial charge in [-0.25, -0.2) is 18.7 Å². The lowest BCUT2D eigenvalue weighted by molar-refractivity contribution is 0.399. The van der Waals surface area contributed by atoms with Crippen LogP contribution in [-0.4, -0.2) is 22.1 Å². The smallest absolute Gasteiger partial charge is 0.224 e. The number of hydrogen-bond acceptors (Lipinski definition) is 3. The topological polar surface area (TPSA) is 50.8 Å². The molecule has 0 fully saturated rings. The number of fused-ring (bicyclic) bond motifs is 1. The molecule has 19 heavy (non-hydrogen) atoms. The van der Waals surface area contributed by atoms with Crippen LogP contribution in [0.3, 0.4) is 0 Å². The molecule has 0 saturated heterocycles. The van der Waals surface area contributed by atoms with E-state index in [0.29, 0.717) is 28.3 Å². The number of nitrogens with one attached hydrogen (secondary N) is 1. The molecule has 0 aliphatic rings. The Morgan fingerprint density at radius 1 is 1.21 bits per heavy atom. The Morgan fingerprint density at radius 3 is 2.79 bits per heavy atom. The van der Waals surface area contributed by atoms with Gasteiger partial charge in [0.25, 0.3) is 0 Å². The molecule has 6 heteroatoms. The summed E-state index contributed by atoms with van der Waals surface area (Å²) in [5, 5.41) is 0. The maximum absolute atomic E-state index is 13.1. The highest BCUT2D eigenvalue weighted by molar-refractivity contribution is 5.80. The molecule has 2 heterocycles. The number of pyridine rings is 1. The molecule has 0 spiro atoms. The van der Waals surface area contributed by atoms with E-state index in [1.807, 2.05) is 0 Å². The number of benzene rings is 1. The van der Waals surface area contributed by atoms with Crippen LogP contribution in [0.5, 0.6) is 5.88 Å². The summed E-state index contributed by atoms with van der Waals surface area (Å²) in [6.45, 7) is 0. The summed E-state index contributed by atoms with van der Waals surface area (Å²) >= 11 is 0. The molecule has 1 aromatic carbocycles. The second kappa shape index (κ2) is 4.31. The number of aromatic amines is 1. The van der Waals surface area contributed by atoms with Crippen LogP contribution >= 0.6 is 0 Å². The predicted molar refractivity (Wildman–Crippen MR) is 65.8 cm³/mol. The highest BCUT2D eigenvalue weighted by atomic mass is 19.2. The van der Waals surface area contributed by atoms with E-state index in [2.05, 4.69) is 15.0 Å². The molecule has 96 valence electrons. The van der Waals surface area contributed by atoms with Crippen molar-refractivity contribution in [2.45, 2.75) is 0 Å². The van der Waals surface area contributed by atoms with Crippen LogP contribution in [0.1, 0.15) is 0 Å². The van der Waals surface area contributed by atoms with E-state index in [4.69, 9.17) is 4.74 Å². The monoisotopic (exact) mass is 261 g/mol. The van der Waals surface area contributed by atoms with Crippen molar-refractivity contribution in [3.8, 4) is 17.3 Å². The lowest BCUT2D eigenvalue weighted by Gasteiger charge is -2.02. The quantitative estimate of drug-likeness (QED) is 0.771. The molecule has 0 aliphatic heterocycles. The normalized spacial score (nSPS) is 10.9. The second-order valence-electron chi connectivity index (χ2n) is 3.93. The number of rotatable bonds is 2. The number of H-pyrrole nitrogens is 1. The van der Waals surface area contributed by atoms with E-state index in [9.17, 15) is 8.78 Å². The van der Waals surface area contributed by atoms with Crippen LogP contribution in [0.2, 0.25) is 0 Å². The van der Waals surface area contributed by atoms with E-state index >= 15 is 0 Å². The summed E-state index contributed by atoms with van der Waals surface area (Å²) in [6, 6.07) is 5.61. The molecule has 0 saturated carbocycles. The number of imidazole rings is 1. The van der Waals surface area contributed by atoms with Crippen molar-refractivity contribution in [2.75, 3.05) is 7.11 Å². The standard InChI is InChI=1S/C13H9F2N3O/c1-19-13-7(3-2-4-16-13)12-17-10-5-8(14)9(15)6-11(10)18-12/h2-6H,1H3,(H,17,18). The van der Waals surface area contributed by atoms with Gasteiger partial charge in [0, 0.05) is 18.3 Å². The molecule has 0 aliphatic carbocycles. The van der Waals surface area contributed by atoms with Crippen molar-refractivity contribution in [2.24, 2.45) is 0 Å². The van der Waals surface area contributed by atoms with Crippen LogP contribution in [-0.2, 0) is 0 Å². The fourth-order valence-corrected chi connectivity index (χ4v) is 1.87.